The summed E-state index contributed by atoms with van der Waals surface area (Å²) in [5.41, 5.74) is 4.82. The average molecular weight is 451 g/mol. The van der Waals surface area contributed by atoms with Crippen LogP contribution >= 0.6 is 0 Å². The monoisotopic (exact) mass is 450 g/mol. The first-order chi connectivity index (χ1) is 15.8. The van der Waals surface area contributed by atoms with Crippen molar-refractivity contribution in [3.05, 3.63) is 47.5 Å². The fourth-order valence-electron chi connectivity index (χ4n) is 4.28. The van der Waals surface area contributed by atoms with E-state index in [0.29, 0.717) is 22.9 Å². The van der Waals surface area contributed by atoms with Gasteiger partial charge >= 0.3 is 6.09 Å². The second-order valence-electron chi connectivity index (χ2n) is 8.99. The van der Waals surface area contributed by atoms with Gasteiger partial charge in [-0.25, -0.2) is 4.79 Å². The van der Waals surface area contributed by atoms with Gasteiger partial charge in [0.25, 0.3) is 0 Å². The SMILES string of the molecule is COc1cc(-c2c3c(nn2C(=O)OC(C)(C)C)-c2ccccc2CCC3)cc(OC)c1OC. The summed E-state index contributed by atoms with van der Waals surface area (Å²) in [6.45, 7) is 5.52. The lowest BCUT2D eigenvalue weighted by molar-refractivity contribution is 0.0518. The van der Waals surface area contributed by atoms with Gasteiger partial charge in [-0.15, -0.1) is 0 Å². The van der Waals surface area contributed by atoms with Gasteiger partial charge in [0, 0.05) is 16.7 Å². The van der Waals surface area contributed by atoms with Gasteiger partial charge in [-0.1, -0.05) is 24.3 Å². The molecule has 0 fully saturated rings. The fourth-order valence-corrected chi connectivity index (χ4v) is 4.28. The van der Waals surface area contributed by atoms with Gasteiger partial charge in [-0.05, 0) is 57.7 Å². The molecule has 1 aromatic heterocycles. The maximum atomic E-state index is 13.3. The van der Waals surface area contributed by atoms with E-state index in [1.807, 2.05) is 45.0 Å². The molecule has 0 bridgehead atoms. The Morgan fingerprint density at radius 1 is 0.970 bits per heavy atom. The first kappa shape index (κ1) is 22.7. The van der Waals surface area contributed by atoms with Gasteiger partial charge in [0.2, 0.25) is 5.75 Å². The Labute approximate surface area is 194 Å². The van der Waals surface area contributed by atoms with Crippen LogP contribution in [0.2, 0.25) is 0 Å². The number of hydrogen-bond donors (Lipinski definition) is 0. The zero-order chi connectivity index (χ0) is 23.8. The van der Waals surface area contributed by atoms with Crippen LogP contribution in [-0.4, -0.2) is 42.8 Å². The predicted octanol–water partition coefficient (Wildman–Crippen LogP) is 5.51. The number of hydrogen-bond acceptors (Lipinski definition) is 6. The van der Waals surface area contributed by atoms with E-state index < -0.39 is 11.7 Å². The molecular weight excluding hydrogens is 420 g/mol. The lowest BCUT2D eigenvalue weighted by Gasteiger charge is -2.20. The molecule has 174 valence electrons. The molecule has 4 rings (SSSR count). The molecule has 0 aliphatic heterocycles. The van der Waals surface area contributed by atoms with E-state index in [2.05, 4.69) is 12.1 Å². The van der Waals surface area contributed by atoms with Gasteiger partial charge in [-0.2, -0.15) is 9.78 Å². The minimum absolute atomic E-state index is 0.489. The summed E-state index contributed by atoms with van der Waals surface area (Å²) in [5.74, 6) is 1.50. The number of carbonyl (C=O) groups is 1. The van der Waals surface area contributed by atoms with E-state index in [-0.39, 0.29) is 0 Å². The first-order valence-electron chi connectivity index (χ1n) is 11.0. The molecule has 33 heavy (non-hydrogen) atoms. The molecule has 3 aromatic rings. The Hall–Kier alpha value is -3.48. The number of carbonyl (C=O) groups excluding carboxylic acids is 1. The molecule has 1 aliphatic rings. The number of ether oxygens (including phenoxy) is 4. The Bertz CT molecular complexity index is 1160. The van der Waals surface area contributed by atoms with E-state index in [1.54, 1.807) is 21.3 Å². The van der Waals surface area contributed by atoms with Crippen LogP contribution in [0.4, 0.5) is 4.79 Å². The topological polar surface area (TPSA) is 71.8 Å². The second kappa shape index (κ2) is 8.81. The van der Waals surface area contributed by atoms with Crippen LogP contribution in [0.5, 0.6) is 17.2 Å². The molecule has 7 heteroatoms. The third kappa shape index (κ3) is 4.27. The maximum absolute atomic E-state index is 13.3. The highest BCUT2D eigenvalue weighted by atomic mass is 16.6. The Morgan fingerprint density at radius 3 is 2.24 bits per heavy atom. The van der Waals surface area contributed by atoms with Crippen LogP contribution in [0.15, 0.2) is 36.4 Å². The number of rotatable bonds is 4. The first-order valence-corrected chi connectivity index (χ1v) is 11.0. The Balaban J connectivity index is 2.00. The summed E-state index contributed by atoms with van der Waals surface area (Å²) in [5, 5.41) is 4.80. The lowest BCUT2D eigenvalue weighted by Crippen LogP contribution is -2.28. The normalized spacial score (nSPS) is 12.9. The third-order valence-corrected chi connectivity index (χ3v) is 5.63. The number of aromatic nitrogens is 2. The predicted molar refractivity (Wildman–Crippen MR) is 126 cm³/mol. The zero-order valence-electron chi connectivity index (χ0n) is 20.0. The molecule has 1 aliphatic carbocycles. The molecule has 7 nitrogen and oxygen atoms in total. The summed E-state index contributed by atoms with van der Waals surface area (Å²) in [7, 11) is 4.71. The third-order valence-electron chi connectivity index (χ3n) is 5.63. The number of benzene rings is 2. The average Bonchev–Trinajstić information content (AvgIpc) is 3.07. The number of methoxy groups -OCH3 is 3. The van der Waals surface area contributed by atoms with E-state index in [9.17, 15) is 4.79 Å². The van der Waals surface area contributed by atoms with E-state index in [4.69, 9.17) is 24.0 Å². The van der Waals surface area contributed by atoms with E-state index in [0.717, 1.165) is 41.6 Å². The van der Waals surface area contributed by atoms with Crippen molar-refractivity contribution >= 4 is 6.09 Å². The Kier molecular flexibility index (Phi) is 6.06. The largest absolute Gasteiger partial charge is 0.493 e. The molecule has 1 heterocycles. The van der Waals surface area contributed by atoms with Crippen molar-refractivity contribution < 1.29 is 23.7 Å². The van der Waals surface area contributed by atoms with Gasteiger partial charge in [-0.3, -0.25) is 0 Å². The summed E-state index contributed by atoms with van der Waals surface area (Å²) < 4.78 is 23.7. The summed E-state index contributed by atoms with van der Waals surface area (Å²) >= 11 is 0. The maximum Gasteiger partial charge on any atom is 0.435 e. The highest BCUT2D eigenvalue weighted by Crippen LogP contribution is 2.44. The fraction of sp³-hybridized carbons (Fsp3) is 0.385. The van der Waals surface area contributed by atoms with Crippen LogP contribution in [-0.2, 0) is 17.6 Å². The number of fused-ring (bicyclic) bond motifs is 3. The molecule has 0 atom stereocenters. The highest BCUT2D eigenvalue weighted by Gasteiger charge is 2.30. The smallest absolute Gasteiger partial charge is 0.435 e. The van der Waals surface area contributed by atoms with Crippen molar-refractivity contribution in [3.63, 3.8) is 0 Å². The number of aryl methyl sites for hydroxylation is 1. The van der Waals surface area contributed by atoms with Crippen molar-refractivity contribution in [1.29, 1.82) is 0 Å². The quantitative estimate of drug-likeness (QED) is 0.522. The minimum atomic E-state index is -0.662. The van der Waals surface area contributed by atoms with E-state index in [1.165, 1.54) is 10.2 Å². The standard InChI is InChI=1S/C26H30N2O5/c1-26(2,3)33-25(29)28-23(17-14-20(30-4)24(32-6)21(15-17)31-5)19-13-9-11-16-10-7-8-12-18(16)22(19)27-28/h7-8,10,12,14-15H,9,11,13H2,1-6H3. The molecule has 0 N–H and O–H groups in total. The zero-order valence-corrected chi connectivity index (χ0v) is 20.0. The summed E-state index contributed by atoms with van der Waals surface area (Å²) in [4.78, 5) is 13.3. The van der Waals surface area contributed by atoms with Crippen LogP contribution in [0.3, 0.4) is 0 Å². The molecule has 0 amide bonds. The van der Waals surface area contributed by atoms with Gasteiger partial charge < -0.3 is 18.9 Å². The van der Waals surface area contributed by atoms with Crippen LogP contribution in [0.1, 0.15) is 38.3 Å². The summed E-state index contributed by atoms with van der Waals surface area (Å²) in [6.07, 6.45) is 2.14. The van der Waals surface area contributed by atoms with Gasteiger partial charge in [0.1, 0.15) is 5.60 Å². The molecular formula is C26H30N2O5. The van der Waals surface area contributed by atoms with Crippen molar-refractivity contribution in [2.24, 2.45) is 0 Å². The Morgan fingerprint density at radius 2 is 1.64 bits per heavy atom. The minimum Gasteiger partial charge on any atom is -0.493 e. The van der Waals surface area contributed by atoms with Crippen LogP contribution in [0, 0.1) is 0 Å². The second-order valence-corrected chi connectivity index (χ2v) is 8.99. The molecule has 0 saturated heterocycles. The molecule has 2 aromatic carbocycles. The van der Waals surface area contributed by atoms with Gasteiger partial charge in [0.15, 0.2) is 11.5 Å². The van der Waals surface area contributed by atoms with Crippen LogP contribution in [0.25, 0.3) is 22.5 Å². The highest BCUT2D eigenvalue weighted by molar-refractivity contribution is 5.86. The molecule has 0 saturated carbocycles. The van der Waals surface area contributed by atoms with Crippen molar-refractivity contribution in [2.45, 2.75) is 45.6 Å². The molecule has 0 radical (unpaired) electrons. The summed E-state index contributed by atoms with van der Waals surface area (Å²) in [6, 6.07) is 11.9. The number of nitrogens with zero attached hydrogens (tertiary/aromatic N) is 2. The molecule has 0 unspecified atom stereocenters. The molecule has 0 spiro atoms. The van der Waals surface area contributed by atoms with Crippen molar-refractivity contribution in [2.75, 3.05) is 21.3 Å². The van der Waals surface area contributed by atoms with Crippen LogP contribution < -0.4 is 14.2 Å². The van der Waals surface area contributed by atoms with Crippen molar-refractivity contribution in [3.8, 4) is 39.8 Å². The lowest BCUT2D eigenvalue weighted by atomic mass is 9.99. The van der Waals surface area contributed by atoms with E-state index >= 15 is 0 Å². The van der Waals surface area contributed by atoms with Crippen molar-refractivity contribution in [1.82, 2.24) is 9.78 Å². The van der Waals surface area contributed by atoms with Gasteiger partial charge in [0.05, 0.1) is 32.7 Å².